The van der Waals surface area contributed by atoms with Crippen molar-refractivity contribution in [1.29, 1.82) is 0 Å². The van der Waals surface area contributed by atoms with Crippen molar-refractivity contribution in [3.05, 3.63) is 0 Å². The summed E-state index contributed by atoms with van der Waals surface area (Å²) >= 11 is 0. The van der Waals surface area contributed by atoms with E-state index in [1.165, 1.54) is 14.0 Å². The maximum Gasteiger partial charge on any atom is 0.319 e. The van der Waals surface area contributed by atoms with Gasteiger partial charge in [0.25, 0.3) is 0 Å². The second-order valence-electron chi connectivity index (χ2n) is 3.55. The Morgan fingerprint density at radius 3 is 2.36 bits per heavy atom. The predicted molar refractivity (Wildman–Crippen MR) is 50.6 cm³/mol. The third-order valence-electron chi connectivity index (χ3n) is 2.70. The molecule has 2 unspecified atom stereocenters. The van der Waals surface area contributed by atoms with Gasteiger partial charge < -0.3 is 15.6 Å². The van der Waals surface area contributed by atoms with E-state index in [0.717, 1.165) is 0 Å². The number of carboxylic acids is 1. The Bertz CT molecular complexity index is 213. The molecule has 0 bridgehead atoms. The van der Waals surface area contributed by atoms with Crippen molar-refractivity contribution in [3.63, 3.8) is 0 Å². The zero-order valence-electron chi connectivity index (χ0n) is 8.74. The number of hydrogen-bond acceptors (Lipinski definition) is 3. The van der Waals surface area contributed by atoms with Gasteiger partial charge in [0.15, 0.2) is 0 Å². The van der Waals surface area contributed by atoms with Gasteiger partial charge in [-0.15, -0.1) is 0 Å². The normalized spacial score (nSPS) is 17.1. The molecule has 0 fully saturated rings. The summed E-state index contributed by atoms with van der Waals surface area (Å²) in [7, 11) is 1.52. The average Bonchev–Trinajstić information content (AvgIpc) is 2.11. The van der Waals surface area contributed by atoms with E-state index in [1.807, 2.05) is 0 Å². The number of carboxylic acid groups (broad SMARTS) is 1. The molecule has 0 aliphatic carbocycles. The molecular weight excluding hydrogens is 186 g/mol. The molecule has 0 saturated carbocycles. The van der Waals surface area contributed by atoms with Crippen LogP contribution in [0.4, 0.5) is 0 Å². The standard InChI is InChI=1S/C9H17NO4/c1-6(4-5-14-3)9(2,7(10)11)8(12)13/h6H,4-5H2,1-3H3,(H2,10,11)(H,12,13). The lowest BCUT2D eigenvalue weighted by Crippen LogP contribution is -2.46. The lowest BCUT2D eigenvalue weighted by atomic mass is 9.76. The predicted octanol–water partition coefficient (Wildman–Crippen LogP) is 0.235. The number of primary amides is 1. The van der Waals surface area contributed by atoms with Gasteiger partial charge in [-0.05, 0) is 19.3 Å². The molecule has 0 spiro atoms. The van der Waals surface area contributed by atoms with Crippen LogP contribution in [0, 0.1) is 11.3 Å². The Balaban J connectivity index is 4.65. The van der Waals surface area contributed by atoms with Crippen LogP contribution in [0.2, 0.25) is 0 Å². The van der Waals surface area contributed by atoms with Crippen molar-refractivity contribution in [3.8, 4) is 0 Å². The summed E-state index contributed by atoms with van der Waals surface area (Å²) in [6, 6.07) is 0. The highest BCUT2D eigenvalue weighted by Gasteiger charge is 2.44. The van der Waals surface area contributed by atoms with Gasteiger partial charge in [-0.3, -0.25) is 9.59 Å². The van der Waals surface area contributed by atoms with Crippen LogP contribution in [0.1, 0.15) is 20.3 Å². The number of ether oxygens (including phenoxy) is 1. The van der Waals surface area contributed by atoms with E-state index in [9.17, 15) is 9.59 Å². The molecule has 2 atom stereocenters. The van der Waals surface area contributed by atoms with Crippen LogP contribution in [0.5, 0.6) is 0 Å². The molecule has 0 aromatic rings. The highest BCUT2D eigenvalue weighted by atomic mass is 16.5. The van der Waals surface area contributed by atoms with E-state index in [1.54, 1.807) is 6.92 Å². The molecule has 0 heterocycles. The number of amides is 1. The molecule has 0 aromatic carbocycles. The maximum atomic E-state index is 11.1. The minimum Gasteiger partial charge on any atom is -0.480 e. The summed E-state index contributed by atoms with van der Waals surface area (Å²) in [5.74, 6) is -2.35. The summed E-state index contributed by atoms with van der Waals surface area (Å²) in [5.41, 5.74) is 3.57. The first-order chi connectivity index (χ1) is 6.37. The van der Waals surface area contributed by atoms with Gasteiger partial charge in [0.05, 0.1) is 0 Å². The SMILES string of the molecule is COCCC(C)C(C)(C(N)=O)C(=O)O. The molecule has 0 saturated heterocycles. The molecule has 0 aliphatic rings. The zero-order valence-corrected chi connectivity index (χ0v) is 8.74. The van der Waals surface area contributed by atoms with Gasteiger partial charge in [0, 0.05) is 13.7 Å². The third kappa shape index (κ3) is 2.45. The molecule has 0 radical (unpaired) electrons. The molecule has 14 heavy (non-hydrogen) atoms. The summed E-state index contributed by atoms with van der Waals surface area (Å²) < 4.78 is 4.82. The Morgan fingerprint density at radius 2 is 2.07 bits per heavy atom. The zero-order chi connectivity index (χ0) is 11.4. The van der Waals surface area contributed by atoms with E-state index in [4.69, 9.17) is 15.6 Å². The molecule has 5 nitrogen and oxygen atoms in total. The first-order valence-electron chi connectivity index (χ1n) is 4.39. The van der Waals surface area contributed by atoms with Crippen molar-refractivity contribution in [2.75, 3.05) is 13.7 Å². The van der Waals surface area contributed by atoms with E-state index >= 15 is 0 Å². The van der Waals surface area contributed by atoms with E-state index in [2.05, 4.69) is 0 Å². The number of aliphatic carboxylic acids is 1. The number of hydrogen-bond donors (Lipinski definition) is 2. The van der Waals surface area contributed by atoms with Crippen molar-refractivity contribution in [1.82, 2.24) is 0 Å². The molecule has 82 valence electrons. The fourth-order valence-corrected chi connectivity index (χ4v) is 1.14. The van der Waals surface area contributed by atoms with Crippen LogP contribution in [0.15, 0.2) is 0 Å². The number of nitrogens with two attached hydrogens (primary N) is 1. The van der Waals surface area contributed by atoms with Gasteiger partial charge in [-0.1, -0.05) is 6.92 Å². The second kappa shape index (κ2) is 4.95. The lowest BCUT2D eigenvalue weighted by Gasteiger charge is -2.27. The topological polar surface area (TPSA) is 89.6 Å². The first-order valence-corrected chi connectivity index (χ1v) is 4.39. The van der Waals surface area contributed by atoms with E-state index in [-0.39, 0.29) is 5.92 Å². The highest BCUT2D eigenvalue weighted by Crippen LogP contribution is 2.29. The van der Waals surface area contributed by atoms with Gasteiger partial charge in [-0.2, -0.15) is 0 Å². The van der Waals surface area contributed by atoms with E-state index in [0.29, 0.717) is 13.0 Å². The highest BCUT2D eigenvalue weighted by molar-refractivity contribution is 6.00. The fraction of sp³-hybridized carbons (Fsp3) is 0.778. The number of methoxy groups -OCH3 is 1. The van der Waals surface area contributed by atoms with Crippen LogP contribution in [0.25, 0.3) is 0 Å². The number of carbonyl (C=O) groups is 2. The Kier molecular flexibility index (Phi) is 4.56. The minimum absolute atomic E-state index is 0.350. The molecule has 5 heteroatoms. The smallest absolute Gasteiger partial charge is 0.319 e. The Hall–Kier alpha value is -1.10. The van der Waals surface area contributed by atoms with Gasteiger partial charge in [-0.25, -0.2) is 0 Å². The van der Waals surface area contributed by atoms with Crippen molar-refractivity contribution in [2.24, 2.45) is 17.1 Å². The quantitative estimate of drug-likeness (QED) is 0.605. The number of rotatable bonds is 6. The average molecular weight is 203 g/mol. The van der Waals surface area contributed by atoms with Gasteiger partial charge in [0.2, 0.25) is 5.91 Å². The second-order valence-corrected chi connectivity index (χ2v) is 3.55. The largest absolute Gasteiger partial charge is 0.480 e. The molecule has 3 N–H and O–H groups in total. The Morgan fingerprint density at radius 1 is 1.57 bits per heavy atom. The molecule has 0 aromatic heterocycles. The maximum absolute atomic E-state index is 11.1. The summed E-state index contributed by atoms with van der Waals surface area (Å²) in [6.45, 7) is 3.44. The third-order valence-corrected chi connectivity index (χ3v) is 2.70. The van der Waals surface area contributed by atoms with E-state index < -0.39 is 17.3 Å². The van der Waals surface area contributed by atoms with Gasteiger partial charge >= 0.3 is 5.97 Å². The molecule has 0 aliphatic heterocycles. The number of carbonyl (C=O) groups excluding carboxylic acids is 1. The molecule has 0 rings (SSSR count). The summed E-state index contributed by atoms with van der Waals surface area (Å²) in [5, 5.41) is 8.93. The lowest BCUT2D eigenvalue weighted by molar-refractivity contribution is -0.157. The van der Waals surface area contributed by atoms with Crippen molar-refractivity contribution >= 4 is 11.9 Å². The summed E-state index contributed by atoms with van der Waals surface area (Å²) in [4.78, 5) is 22.0. The van der Waals surface area contributed by atoms with Crippen LogP contribution in [0.3, 0.4) is 0 Å². The molecule has 1 amide bonds. The van der Waals surface area contributed by atoms with Gasteiger partial charge in [0.1, 0.15) is 5.41 Å². The first kappa shape index (κ1) is 12.9. The van der Waals surface area contributed by atoms with Crippen LogP contribution in [-0.2, 0) is 14.3 Å². The fourth-order valence-electron chi connectivity index (χ4n) is 1.14. The minimum atomic E-state index is -1.52. The Labute approximate surface area is 83.2 Å². The van der Waals surface area contributed by atoms with Crippen molar-refractivity contribution < 1.29 is 19.4 Å². The molecular formula is C9H17NO4. The van der Waals surface area contributed by atoms with Crippen LogP contribution in [-0.4, -0.2) is 30.7 Å². The van der Waals surface area contributed by atoms with Crippen LogP contribution < -0.4 is 5.73 Å². The summed E-state index contributed by atoms with van der Waals surface area (Å²) in [6.07, 6.45) is 0.488. The van der Waals surface area contributed by atoms with Crippen LogP contribution >= 0.6 is 0 Å². The monoisotopic (exact) mass is 203 g/mol. The van der Waals surface area contributed by atoms with Crippen molar-refractivity contribution in [2.45, 2.75) is 20.3 Å².